The van der Waals surface area contributed by atoms with Crippen molar-refractivity contribution in [3.05, 3.63) is 134 Å². The zero-order valence-electron chi connectivity index (χ0n) is 43.6. The average molecular weight is 925 g/mol. The van der Waals surface area contributed by atoms with Gasteiger partial charge in [0.15, 0.2) is 0 Å². The van der Waals surface area contributed by atoms with Gasteiger partial charge in [-0.05, 0) is 96.3 Å². The van der Waals surface area contributed by atoms with E-state index in [0.717, 1.165) is 109 Å². The number of aliphatic hydroxyl groups excluding tert-OH is 2. The van der Waals surface area contributed by atoms with Gasteiger partial charge in [0.1, 0.15) is 0 Å². The van der Waals surface area contributed by atoms with Crippen LogP contribution in [0.5, 0.6) is 0 Å². The lowest BCUT2D eigenvalue weighted by atomic mass is 10.0. The summed E-state index contributed by atoms with van der Waals surface area (Å²) in [6.45, 7) is 4.23. The number of hydrogen-bond donors (Lipinski definition) is 3. The number of nitrogens with one attached hydrogen (secondary N) is 1. The van der Waals surface area contributed by atoms with E-state index in [2.05, 4.69) is 153 Å². The topological polar surface area (TPSA) is 69.6 Å². The van der Waals surface area contributed by atoms with Gasteiger partial charge in [0.05, 0.1) is 18.8 Å². The van der Waals surface area contributed by atoms with Crippen LogP contribution in [0.25, 0.3) is 0 Å². The Morgan fingerprint density at radius 1 is 0.373 bits per heavy atom. The molecule has 0 radical (unpaired) electrons. The maximum absolute atomic E-state index is 12.5. The lowest BCUT2D eigenvalue weighted by Crippen LogP contribution is -2.45. The van der Waals surface area contributed by atoms with Crippen LogP contribution in [-0.4, -0.2) is 34.9 Å². The Bertz CT molecular complexity index is 1370. The van der Waals surface area contributed by atoms with E-state index < -0.39 is 12.1 Å². The maximum atomic E-state index is 12.5. The molecule has 0 heterocycles. The van der Waals surface area contributed by atoms with E-state index in [1.54, 1.807) is 0 Å². The smallest absolute Gasteiger partial charge is 0.220 e. The third kappa shape index (κ3) is 53.4. The van der Waals surface area contributed by atoms with E-state index in [-0.39, 0.29) is 12.5 Å². The third-order valence-corrected chi connectivity index (χ3v) is 11.9. The largest absolute Gasteiger partial charge is 0.394 e. The summed E-state index contributed by atoms with van der Waals surface area (Å²) in [5.74, 6) is -0.0549. The van der Waals surface area contributed by atoms with Gasteiger partial charge in [-0.2, -0.15) is 0 Å². The van der Waals surface area contributed by atoms with Crippen LogP contribution in [0.3, 0.4) is 0 Å². The van der Waals surface area contributed by atoms with Gasteiger partial charge >= 0.3 is 0 Å². The quantitative estimate of drug-likeness (QED) is 0.0421. The second-order valence-electron chi connectivity index (χ2n) is 18.3. The second-order valence-corrected chi connectivity index (χ2v) is 18.3. The molecule has 0 rings (SSSR count). The molecule has 0 saturated heterocycles. The van der Waals surface area contributed by atoms with Crippen molar-refractivity contribution in [2.24, 2.45) is 0 Å². The molecule has 0 aromatic carbocycles. The molecule has 2 unspecified atom stereocenters. The number of carbonyl (C=O) groups is 1. The van der Waals surface area contributed by atoms with Crippen LogP contribution in [0.2, 0.25) is 0 Å². The molecular weight excluding hydrogens is 819 g/mol. The van der Waals surface area contributed by atoms with Crippen molar-refractivity contribution in [1.29, 1.82) is 0 Å². The summed E-state index contributed by atoms with van der Waals surface area (Å²) in [4.78, 5) is 12.5. The van der Waals surface area contributed by atoms with E-state index in [9.17, 15) is 15.0 Å². The number of hydrogen-bond acceptors (Lipinski definition) is 3. The molecule has 0 aliphatic rings. The zero-order valence-corrected chi connectivity index (χ0v) is 43.6. The summed E-state index contributed by atoms with van der Waals surface area (Å²) in [5.41, 5.74) is 0. The first kappa shape index (κ1) is 63.5. The fourth-order valence-corrected chi connectivity index (χ4v) is 7.72. The van der Waals surface area contributed by atoms with Gasteiger partial charge in [-0.25, -0.2) is 0 Å². The fraction of sp³-hybridized carbons (Fsp3) is 0.635. The minimum Gasteiger partial charge on any atom is -0.394 e. The number of allylic oxidation sites excluding steroid dienone is 22. The molecule has 0 fully saturated rings. The monoisotopic (exact) mass is 924 g/mol. The molecule has 0 saturated carbocycles. The first-order valence-electron chi connectivity index (χ1n) is 27.9. The Morgan fingerprint density at radius 2 is 0.657 bits per heavy atom. The molecule has 0 aliphatic carbocycles. The normalized spacial score (nSPS) is 13.9. The molecule has 1 amide bonds. The van der Waals surface area contributed by atoms with Crippen LogP contribution in [-0.2, 0) is 4.79 Å². The predicted molar refractivity (Wildman–Crippen MR) is 299 cm³/mol. The van der Waals surface area contributed by atoms with Crippen LogP contribution < -0.4 is 5.32 Å². The molecular formula is C63H105NO3. The van der Waals surface area contributed by atoms with Crippen LogP contribution >= 0.6 is 0 Å². The van der Waals surface area contributed by atoms with Crippen LogP contribution in [0, 0.1) is 0 Å². The minimum atomic E-state index is -0.677. The van der Waals surface area contributed by atoms with Crippen molar-refractivity contribution in [2.75, 3.05) is 6.61 Å². The van der Waals surface area contributed by atoms with Crippen LogP contribution in [0.15, 0.2) is 134 Å². The SMILES string of the molecule is CC/C=C\C/C=C\C/C=C\C/C=C\C/C=C\C/C=C\C/C=C\C/C=C\C/C=C\C/C=C\C/C=C\CCCCCCCC(=O)NC(CO)C(O)CCCCCCCCCCCCCCCCCC. The summed E-state index contributed by atoms with van der Waals surface area (Å²) >= 11 is 0. The molecule has 0 spiro atoms. The van der Waals surface area contributed by atoms with Gasteiger partial charge in [-0.15, -0.1) is 0 Å². The molecule has 4 heteroatoms. The van der Waals surface area contributed by atoms with Crippen LogP contribution in [0.1, 0.15) is 239 Å². The van der Waals surface area contributed by atoms with E-state index in [4.69, 9.17) is 0 Å². The van der Waals surface area contributed by atoms with Crippen molar-refractivity contribution in [2.45, 2.75) is 251 Å². The van der Waals surface area contributed by atoms with Crippen molar-refractivity contribution >= 4 is 5.91 Å². The highest BCUT2D eigenvalue weighted by atomic mass is 16.3. The minimum absolute atomic E-state index is 0.0549. The molecule has 3 N–H and O–H groups in total. The number of carbonyl (C=O) groups excluding carboxylic acids is 1. The van der Waals surface area contributed by atoms with E-state index >= 15 is 0 Å². The highest BCUT2D eigenvalue weighted by Crippen LogP contribution is 2.15. The second kappa shape index (κ2) is 56.9. The molecule has 380 valence electrons. The Morgan fingerprint density at radius 3 is 0.985 bits per heavy atom. The van der Waals surface area contributed by atoms with Gasteiger partial charge in [0, 0.05) is 6.42 Å². The molecule has 0 aliphatic heterocycles. The molecule has 0 bridgehead atoms. The van der Waals surface area contributed by atoms with Crippen molar-refractivity contribution in [3.63, 3.8) is 0 Å². The van der Waals surface area contributed by atoms with E-state index in [0.29, 0.717) is 12.8 Å². The summed E-state index contributed by atoms with van der Waals surface area (Å²) in [7, 11) is 0. The third-order valence-electron chi connectivity index (χ3n) is 11.9. The van der Waals surface area contributed by atoms with Crippen molar-refractivity contribution in [1.82, 2.24) is 5.32 Å². The van der Waals surface area contributed by atoms with Gasteiger partial charge < -0.3 is 15.5 Å². The Kier molecular flexibility index (Phi) is 53.9. The fourth-order valence-electron chi connectivity index (χ4n) is 7.72. The molecule has 67 heavy (non-hydrogen) atoms. The summed E-state index contributed by atoms with van der Waals surface area (Å²) < 4.78 is 0. The van der Waals surface area contributed by atoms with Gasteiger partial charge in [-0.1, -0.05) is 270 Å². The Balaban J connectivity index is 3.66. The van der Waals surface area contributed by atoms with Crippen molar-refractivity contribution in [3.8, 4) is 0 Å². The number of unbranched alkanes of at least 4 members (excludes halogenated alkanes) is 20. The highest BCUT2D eigenvalue weighted by Gasteiger charge is 2.20. The zero-order chi connectivity index (χ0) is 48.5. The van der Waals surface area contributed by atoms with E-state index in [1.807, 2.05) is 0 Å². The highest BCUT2D eigenvalue weighted by molar-refractivity contribution is 5.76. The summed E-state index contributed by atoms with van der Waals surface area (Å²) in [6.07, 6.45) is 88.5. The lowest BCUT2D eigenvalue weighted by molar-refractivity contribution is -0.123. The molecule has 2 atom stereocenters. The molecule has 0 aromatic heterocycles. The summed E-state index contributed by atoms with van der Waals surface area (Å²) in [6, 6.07) is -0.556. The first-order chi connectivity index (χ1) is 33.2. The maximum Gasteiger partial charge on any atom is 0.220 e. The summed E-state index contributed by atoms with van der Waals surface area (Å²) in [5, 5.41) is 23.3. The Labute approximate surface area is 415 Å². The Hall–Kier alpha value is -3.47. The standard InChI is InChI=1S/C63H105NO3/c1-3-5-7-9-11-13-15-17-19-21-22-23-24-25-26-27-28-29-30-31-32-33-34-35-36-37-38-39-40-41-42-43-45-47-49-51-53-55-57-59-63(67)64-61(60-65)62(66)58-56-54-52-50-48-46-44-20-18-16-14-12-10-8-6-4-2/h5,7,11,13,17,19,22-23,25-26,28-29,31-32,34-35,37-38,40-41,43,45,61-62,65-66H,3-4,6,8-10,12,14-16,18,20-21,24,27,30,33,36,39,42,44,46-60H2,1-2H3,(H,64,67)/b7-5-,13-11-,19-17-,23-22-,26-25-,29-28-,32-31-,35-34-,38-37-,41-40-,45-43-. The average Bonchev–Trinajstić information content (AvgIpc) is 3.33. The van der Waals surface area contributed by atoms with Crippen molar-refractivity contribution < 1.29 is 15.0 Å². The molecule has 0 aromatic rings. The van der Waals surface area contributed by atoms with E-state index in [1.165, 1.54) is 103 Å². The first-order valence-corrected chi connectivity index (χ1v) is 27.9. The van der Waals surface area contributed by atoms with Crippen LogP contribution in [0.4, 0.5) is 0 Å². The number of aliphatic hydroxyl groups is 2. The van der Waals surface area contributed by atoms with Gasteiger partial charge in [0.25, 0.3) is 0 Å². The lowest BCUT2D eigenvalue weighted by Gasteiger charge is -2.22. The number of rotatable bonds is 49. The van der Waals surface area contributed by atoms with Gasteiger partial charge in [0.2, 0.25) is 5.91 Å². The molecule has 4 nitrogen and oxygen atoms in total. The number of amides is 1. The van der Waals surface area contributed by atoms with Gasteiger partial charge in [-0.3, -0.25) is 4.79 Å². The predicted octanol–water partition coefficient (Wildman–Crippen LogP) is 18.6.